The highest BCUT2D eigenvalue weighted by Gasteiger charge is 2.12. The molecule has 0 unspecified atom stereocenters. The van der Waals surface area contributed by atoms with Gasteiger partial charge in [0.05, 0.1) is 12.1 Å². The normalized spacial score (nSPS) is 10.5. The molecule has 3 nitrogen and oxygen atoms in total. The largest absolute Gasteiger partial charge is 0.488 e. The van der Waals surface area contributed by atoms with Crippen LogP contribution in [0.25, 0.3) is 0 Å². The van der Waals surface area contributed by atoms with E-state index in [1.807, 2.05) is 24.4 Å². The molecule has 0 aliphatic heterocycles. The molecule has 0 fully saturated rings. The zero-order chi connectivity index (χ0) is 17.6. The standard InChI is InChI=1S/C20H18FNO2S/c1-14-10-11-25-19(14)12-22-20(23)17-4-2-3-5-18(17)24-13-15-6-8-16(21)9-7-15/h2-11H,12-13H2,1H3,(H,22,23). The van der Waals surface area contributed by atoms with Crippen molar-refractivity contribution < 1.29 is 13.9 Å². The van der Waals surface area contributed by atoms with Crippen LogP contribution in [0.15, 0.2) is 60.0 Å². The zero-order valence-electron chi connectivity index (χ0n) is 13.8. The van der Waals surface area contributed by atoms with Gasteiger partial charge < -0.3 is 10.1 Å². The number of nitrogens with one attached hydrogen (secondary N) is 1. The molecule has 1 aromatic heterocycles. The SMILES string of the molecule is Cc1ccsc1CNC(=O)c1ccccc1OCc1ccc(F)cc1. The predicted molar refractivity (Wildman–Crippen MR) is 97.4 cm³/mol. The van der Waals surface area contributed by atoms with Crippen molar-refractivity contribution in [2.24, 2.45) is 0 Å². The summed E-state index contributed by atoms with van der Waals surface area (Å²) < 4.78 is 18.7. The fourth-order valence-electron chi connectivity index (χ4n) is 2.36. The number of para-hydroxylation sites is 1. The molecule has 0 saturated heterocycles. The van der Waals surface area contributed by atoms with Crippen molar-refractivity contribution in [1.82, 2.24) is 5.32 Å². The van der Waals surface area contributed by atoms with E-state index in [-0.39, 0.29) is 18.3 Å². The summed E-state index contributed by atoms with van der Waals surface area (Å²) in [6.45, 7) is 2.79. The lowest BCUT2D eigenvalue weighted by molar-refractivity contribution is 0.0946. The highest BCUT2D eigenvalue weighted by Crippen LogP contribution is 2.20. The van der Waals surface area contributed by atoms with Crippen molar-refractivity contribution in [2.45, 2.75) is 20.1 Å². The van der Waals surface area contributed by atoms with Crippen LogP contribution in [0.4, 0.5) is 4.39 Å². The first-order valence-electron chi connectivity index (χ1n) is 7.91. The summed E-state index contributed by atoms with van der Waals surface area (Å²) in [6.07, 6.45) is 0. The van der Waals surface area contributed by atoms with E-state index in [4.69, 9.17) is 4.74 Å². The quantitative estimate of drug-likeness (QED) is 0.696. The Morgan fingerprint density at radius 3 is 2.60 bits per heavy atom. The minimum absolute atomic E-state index is 0.178. The Bertz CT molecular complexity index is 858. The van der Waals surface area contributed by atoms with Gasteiger partial charge >= 0.3 is 0 Å². The second kappa shape index (κ2) is 7.94. The number of thiophene rings is 1. The number of hydrogen-bond donors (Lipinski definition) is 1. The predicted octanol–water partition coefficient (Wildman–Crippen LogP) is 4.70. The number of aryl methyl sites for hydroxylation is 1. The van der Waals surface area contributed by atoms with Crippen LogP contribution < -0.4 is 10.1 Å². The van der Waals surface area contributed by atoms with E-state index >= 15 is 0 Å². The van der Waals surface area contributed by atoms with E-state index in [0.717, 1.165) is 10.4 Å². The van der Waals surface area contributed by atoms with E-state index in [1.165, 1.54) is 17.7 Å². The Morgan fingerprint density at radius 1 is 1.12 bits per heavy atom. The average molecular weight is 355 g/mol. The van der Waals surface area contributed by atoms with Gasteiger partial charge in [0, 0.05) is 4.88 Å². The van der Waals surface area contributed by atoms with Crippen LogP contribution in [0.3, 0.4) is 0 Å². The summed E-state index contributed by atoms with van der Waals surface area (Å²) in [5, 5.41) is 4.94. The van der Waals surface area contributed by atoms with Gasteiger partial charge in [0.25, 0.3) is 5.91 Å². The molecule has 0 aliphatic carbocycles. The third-order valence-corrected chi connectivity index (χ3v) is 4.84. The number of carbonyl (C=O) groups excluding carboxylic acids is 1. The second-order valence-electron chi connectivity index (χ2n) is 5.62. The Kier molecular flexibility index (Phi) is 5.46. The van der Waals surface area contributed by atoms with Gasteiger partial charge in [-0.15, -0.1) is 11.3 Å². The Balaban J connectivity index is 1.66. The van der Waals surface area contributed by atoms with Crippen LogP contribution in [0.1, 0.15) is 26.4 Å². The molecule has 1 heterocycles. The van der Waals surface area contributed by atoms with Crippen molar-refractivity contribution in [3.63, 3.8) is 0 Å². The van der Waals surface area contributed by atoms with E-state index in [1.54, 1.807) is 41.7 Å². The molecule has 128 valence electrons. The fraction of sp³-hybridized carbons (Fsp3) is 0.150. The summed E-state index contributed by atoms with van der Waals surface area (Å²) in [7, 11) is 0. The van der Waals surface area contributed by atoms with Crippen LogP contribution in [0, 0.1) is 12.7 Å². The third kappa shape index (κ3) is 4.45. The molecule has 0 atom stereocenters. The zero-order valence-corrected chi connectivity index (χ0v) is 14.6. The van der Waals surface area contributed by atoms with E-state index in [9.17, 15) is 9.18 Å². The molecule has 0 spiro atoms. The smallest absolute Gasteiger partial charge is 0.255 e. The first-order valence-corrected chi connectivity index (χ1v) is 8.79. The molecular weight excluding hydrogens is 337 g/mol. The molecule has 2 aromatic carbocycles. The topological polar surface area (TPSA) is 38.3 Å². The van der Waals surface area contributed by atoms with Gasteiger partial charge in [0.15, 0.2) is 0 Å². The number of amides is 1. The number of carbonyl (C=O) groups is 1. The molecule has 0 bridgehead atoms. The second-order valence-corrected chi connectivity index (χ2v) is 6.62. The molecule has 5 heteroatoms. The molecule has 1 N–H and O–H groups in total. The van der Waals surface area contributed by atoms with Crippen molar-refractivity contribution >= 4 is 17.2 Å². The van der Waals surface area contributed by atoms with Crippen molar-refractivity contribution in [2.75, 3.05) is 0 Å². The number of ether oxygens (including phenoxy) is 1. The maximum absolute atomic E-state index is 13.0. The van der Waals surface area contributed by atoms with Gasteiger partial charge in [0.2, 0.25) is 0 Å². The van der Waals surface area contributed by atoms with Gasteiger partial charge in [-0.05, 0) is 53.8 Å². The Hall–Kier alpha value is -2.66. The van der Waals surface area contributed by atoms with E-state index < -0.39 is 0 Å². The monoisotopic (exact) mass is 355 g/mol. The van der Waals surface area contributed by atoms with Gasteiger partial charge in [-0.25, -0.2) is 4.39 Å². The summed E-state index contributed by atoms with van der Waals surface area (Å²) in [4.78, 5) is 13.6. The molecular formula is C20H18FNO2S. The minimum atomic E-state index is -0.285. The maximum atomic E-state index is 13.0. The van der Waals surface area contributed by atoms with E-state index in [2.05, 4.69) is 5.32 Å². The van der Waals surface area contributed by atoms with Crippen molar-refractivity contribution in [3.05, 3.63) is 87.4 Å². The van der Waals surface area contributed by atoms with Crippen LogP contribution in [0.2, 0.25) is 0 Å². The average Bonchev–Trinajstić information content (AvgIpc) is 3.04. The van der Waals surface area contributed by atoms with Crippen LogP contribution in [-0.2, 0) is 13.2 Å². The lowest BCUT2D eigenvalue weighted by atomic mass is 10.2. The van der Waals surface area contributed by atoms with Crippen molar-refractivity contribution in [1.29, 1.82) is 0 Å². The van der Waals surface area contributed by atoms with Crippen LogP contribution >= 0.6 is 11.3 Å². The minimum Gasteiger partial charge on any atom is -0.488 e. The first kappa shape index (κ1) is 17.2. The highest BCUT2D eigenvalue weighted by molar-refractivity contribution is 7.10. The van der Waals surface area contributed by atoms with Gasteiger partial charge in [0.1, 0.15) is 18.2 Å². The molecule has 0 aliphatic rings. The summed E-state index contributed by atoms with van der Waals surface area (Å²) in [5.41, 5.74) is 2.50. The van der Waals surface area contributed by atoms with Gasteiger partial charge in [-0.3, -0.25) is 4.79 Å². The van der Waals surface area contributed by atoms with Crippen molar-refractivity contribution in [3.8, 4) is 5.75 Å². The summed E-state index contributed by atoms with van der Waals surface area (Å²) >= 11 is 1.62. The number of halogens is 1. The van der Waals surface area contributed by atoms with E-state index in [0.29, 0.717) is 17.9 Å². The number of benzene rings is 2. The molecule has 0 radical (unpaired) electrons. The third-order valence-electron chi connectivity index (χ3n) is 3.82. The number of rotatable bonds is 6. The molecule has 3 rings (SSSR count). The number of hydrogen-bond acceptors (Lipinski definition) is 3. The van der Waals surface area contributed by atoms with Gasteiger partial charge in [-0.1, -0.05) is 24.3 Å². The van der Waals surface area contributed by atoms with Gasteiger partial charge in [-0.2, -0.15) is 0 Å². The molecule has 3 aromatic rings. The molecule has 1 amide bonds. The fourth-order valence-corrected chi connectivity index (χ4v) is 3.21. The first-order chi connectivity index (χ1) is 12.1. The Morgan fingerprint density at radius 2 is 1.88 bits per heavy atom. The molecule has 0 saturated carbocycles. The molecule has 25 heavy (non-hydrogen) atoms. The van der Waals surface area contributed by atoms with Crippen LogP contribution in [0.5, 0.6) is 5.75 Å². The maximum Gasteiger partial charge on any atom is 0.255 e. The summed E-state index contributed by atoms with van der Waals surface area (Å²) in [5.74, 6) is 0.0436. The lowest BCUT2D eigenvalue weighted by Crippen LogP contribution is -2.23. The lowest BCUT2D eigenvalue weighted by Gasteiger charge is -2.12. The Labute approximate surface area is 150 Å². The van der Waals surface area contributed by atoms with Crippen LogP contribution in [-0.4, -0.2) is 5.91 Å². The summed E-state index contributed by atoms with van der Waals surface area (Å²) in [6, 6.07) is 15.3. The highest BCUT2D eigenvalue weighted by atomic mass is 32.1.